The quantitative estimate of drug-likeness (QED) is 0.855. The zero-order valence-electron chi connectivity index (χ0n) is 8.38. The van der Waals surface area contributed by atoms with E-state index in [1.807, 2.05) is 0 Å². The number of aliphatic hydroxyl groups is 1. The van der Waals surface area contributed by atoms with Gasteiger partial charge in [0.1, 0.15) is 10.9 Å². The fraction of sp³-hybridized carbons (Fsp3) is 0.400. The molecule has 6 heteroatoms. The molecule has 1 N–H and O–H groups in total. The van der Waals surface area contributed by atoms with Crippen LogP contribution in [0.1, 0.15) is 18.6 Å². The Kier molecular flexibility index (Phi) is 5.12. The summed E-state index contributed by atoms with van der Waals surface area (Å²) in [6.07, 6.45) is -1.39. The minimum Gasteiger partial charge on any atom is -0.491 e. The maximum absolute atomic E-state index is 13.8. The first-order chi connectivity index (χ1) is 7.49. The Balaban J connectivity index is 3.20. The molecule has 1 atom stereocenters. The molecule has 0 bridgehead atoms. The zero-order chi connectivity index (χ0) is 12.3. The standard InChI is InChI=1S/C10H10Cl3FO2/c1-2-16-6-4-3-5(11)7(8(6)14)9(15)10(12)13/h3-4,9-10,15H,2H2,1H3. The summed E-state index contributed by atoms with van der Waals surface area (Å²) in [5.74, 6) is -0.733. The highest BCUT2D eigenvalue weighted by molar-refractivity contribution is 6.44. The van der Waals surface area contributed by atoms with Crippen molar-refractivity contribution in [2.24, 2.45) is 0 Å². The van der Waals surface area contributed by atoms with Gasteiger partial charge in [-0.25, -0.2) is 4.39 Å². The van der Waals surface area contributed by atoms with Crippen LogP contribution in [0.4, 0.5) is 4.39 Å². The topological polar surface area (TPSA) is 29.5 Å². The molecule has 1 aromatic carbocycles. The average molecular weight is 288 g/mol. The summed E-state index contributed by atoms with van der Waals surface area (Å²) in [5, 5.41) is 9.66. The highest BCUT2D eigenvalue weighted by Crippen LogP contribution is 2.35. The van der Waals surface area contributed by atoms with E-state index in [4.69, 9.17) is 39.5 Å². The smallest absolute Gasteiger partial charge is 0.172 e. The van der Waals surface area contributed by atoms with Crippen molar-refractivity contribution in [3.05, 3.63) is 28.5 Å². The number of halogens is 4. The molecule has 0 aromatic heterocycles. The molecule has 0 fully saturated rings. The summed E-state index contributed by atoms with van der Waals surface area (Å²) < 4.78 is 18.9. The summed E-state index contributed by atoms with van der Waals surface area (Å²) in [6, 6.07) is 2.80. The van der Waals surface area contributed by atoms with Crippen molar-refractivity contribution in [1.29, 1.82) is 0 Å². The van der Waals surface area contributed by atoms with Gasteiger partial charge in [-0.1, -0.05) is 11.6 Å². The Morgan fingerprint density at radius 3 is 2.56 bits per heavy atom. The molecule has 1 unspecified atom stereocenters. The lowest BCUT2D eigenvalue weighted by Crippen LogP contribution is -2.10. The number of hydrogen-bond donors (Lipinski definition) is 1. The average Bonchev–Trinajstić information content (AvgIpc) is 2.22. The van der Waals surface area contributed by atoms with Gasteiger partial charge in [0.2, 0.25) is 0 Å². The minimum atomic E-state index is -1.39. The summed E-state index contributed by atoms with van der Waals surface area (Å²) in [5.41, 5.74) is -0.150. The van der Waals surface area contributed by atoms with Gasteiger partial charge in [0.15, 0.2) is 11.6 Å². The van der Waals surface area contributed by atoms with Crippen LogP contribution in [-0.4, -0.2) is 16.5 Å². The lowest BCUT2D eigenvalue weighted by Gasteiger charge is -2.16. The Bertz CT molecular complexity index is 371. The van der Waals surface area contributed by atoms with E-state index < -0.39 is 16.8 Å². The molecule has 0 radical (unpaired) electrons. The molecular weight excluding hydrogens is 277 g/mol. The first-order valence-electron chi connectivity index (χ1n) is 4.56. The van der Waals surface area contributed by atoms with Gasteiger partial charge in [-0.15, -0.1) is 23.2 Å². The third-order valence-electron chi connectivity index (χ3n) is 1.93. The van der Waals surface area contributed by atoms with E-state index in [-0.39, 0.29) is 16.3 Å². The second-order valence-electron chi connectivity index (χ2n) is 2.99. The molecule has 0 aliphatic rings. The van der Waals surface area contributed by atoms with Gasteiger partial charge in [0.25, 0.3) is 0 Å². The maximum atomic E-state index is 13.8. The SMILES string of the molecule is CCOc1ccc(Cl)c(C(O)C(Cl)Cl)c1F. The minimum absolute atomic E-state index is 0.00920. The van der Waals surface area contributed by atoms with Crippen LogP contribution in [0.25, 0.3) is 0 Å². The van der Waals surface area contributed by atoms with Crippen LogP contribution in [0.5, 0.6) is 5.75 Å². The van der Waals surface area contributed by atoms with Crippen LogP contribution in [0.3, 0.4) is 0 Å². The largest absolute Gasteiger partial charge is 0.491 e. The highest BCUT2D eigenvalue weighted by atomic mass is 35.5. The highest BCUT2D eigenvalue weighted by Gasteiger charge is 2.25. The van der Waals surface area contributed by atoms with E-state index in [0.717, 1.165) is 0 Å². The molecule has 0 amide bonds. The van der Waals surface area contributed by atoms with E-state index in [2.05, 4.69) is 0 Å². The lowest BCUT2D eigenvalue weighted by atomic mass is 10.1. The van der Waals surface area contributed by atoms with Crippen LogP contribution in [0, 0.1) is 5.82 Å². The second-order valence-corrected chi connectivity index (χ2v) is 4.56. The van der Waals surface area contributed by atoms with Crippen molar-refractivity contribution in [2.75, 3.05) is 6.61 Å². The molecule has 1 rings (SSSR count). The number of alkyl halides is 2. The molecule has 2 nitrogen and oxygen atoms in total. The van der Waals surface area contributed by atoms with Gasteiger partial charge < -0.3 is 9.84 Å². The molecule has 90 valence electrons. The van der Waals surface area contributed by atoms with Gasteiger partial charge in [-0.05, 0) is 19.1 Å². The van der Waals surface area contributed by atoms with E-state index in [1.54, 1.807) is 6.92 Å². The van der Waals surface area contributed by atoms with Crippen molar-refractivity contribution in [3.8, 4) is 5.75 Å². The van der Waals surface area contributed by atoms with Gasteiger partial charge in [0, 0.05) is 10.6 Å². The Labute approximate surface area is 108 Å². The third-order valence-corrected chi connectivity index (χ3v) is 2.73. The normalized spacial score (nSPS) is 12.9. The van der Waals surface area contributed by atoms with Crippen molar-refractivity contribution in [3.63, 3.8) is 0 Å². The summed E-state index contributed by atoms with van der Waals surface area (Å²) in [7, 11) is 0. The second kappa shape index (κ2) is 5.92. The summed E-state index contributed by atoms with van der Waals surface area (Å²) >= 11 is 16.7. The van der Waals surface area contributed by atoms with E-state index >= 15 is 0 Å². The van der Waals surface area contributed by atoms with Crippen molar-refractivity contribution in [2.45, 2.75) is 17.9 Å². The third kappa shape index (κ3) is 2.92. The van der Waals surface area contributed by atoms with Crippen LogP contribution in [0.2, 0.25) is 5.02 Å². The fourth-order valence-corrected chi connectivity index (χ4v) is 1.72. The molecule has 0 saturated heterocycles. The first-order valence-corrected chi connectivity index (χ1v) is 5.81. The molecule has 0 heterocycles. The molecule has 0 saturated carbocycles. The Hall–Kier alpha value is -0.220. The number of ether oxygens (including phenoxy) is 1. The summed E-state index contributed by atoms with van der Waals surface area (Å²) in [4.78, 5) is -1.16. The van der Waals surface area contributed by atoms with Crippen LogP contribution in [0.15, 0.2) is 12.1 Å². The van der Waals surface area contributed by atoms with Crippen LogP contribution < -0.4 is 4.74 Å². The lowest BCUT2D eigenvalue weighted by molar-refractivity contribution is 0.186. The molecule has 0 aliphatic carbocycles. The van der Waals surface area contributed by atoms with Crippen LogP contribution >= 0.6 is 34.8 Å². The number of hydrogen-bond acceptors (Lipinski definition) is 2. The van der Waals surface area contributed by atoms with Crippen LogP contribution in [-0.2, 0) is 0 Å². The molecule has 1 aromatic rings. The van der Waals surface area contributed by atoms with Gasteiger partial charge in [0.05, 0.1) is 6.61 Å². The van der Waals surface area contributed by atoms with Crippen molar-refractivity contribution in [1.82, 2.24) is 0 Å². The summed E-state index contributed by atoms with van der Waals surface area (Å²) in [6.45, 7) is 2.02. The number of rotatable bonds is 4. The Morgan fingerprint density at radius 1 is 1.44 bits per heavy atom. The van der Waals surface area contributed by atoms with E-state index in [9.17, 15) is 9.50 Å². The molecule has 0 aliphatic heterocycles. The first kappa shape index (κ1) is 13.8. The van der Waals surface area contributed by atoms with Crippen molar-refractivity contribution < 1.29 is 14.2 Å². The maximum Gasteiger partial charge on any atom is 0.172 e. The number of aliphatic hydroxyl groups excluding tert-OH is 1. The van der Waals surface area contributed by atoms with Gasteiger partial charge >= 0.3 is 0 Å². The van der Waals surface area contributed by atoms with Gasteiger partial charge in [-0.3, -0.25) is 0 Å². The zero-order valence-corrected chi connectivity index (χ0v) is 10.7. The number of benzene rings is 1. The molecule has 0 spiro atoms. The van der Waals surface area contributed by atoms with Gasteiger partial charge in [-0.2, -0.15) is 0 Å². The Morgan fingerprint density at radius 2 is 2.06 bits per heavy atom. The van der Waals surface area contributed by atoms with E-state index in [0.29, 0.717) is 6.61 Å². The predicted octanol–water partition coefficient (Wildman–Crippen LogP) is 3.71. The molecule has 16 heavy (non-hydrogen) atoms. The molecular formula is C10H10Cl3FO2. The van der Waals surface area contributed by atoms with Crippen molar-refractivity contribution >= 4 is 34.8 Å². The van der Waals surface area contributed by atoms with E-state index in [1.165, 1.54) is 12.1 Å². The fourth-order valence-electron chi connectivity index (χ4n) is 1.21. The monoisotopic (exact) mass is 286 g/mol. The predicted molar refractivity (Wildman–Crippen MR) is 63.0 cm³/mol.